The van der Waals surface area contributed by atoms with Crippen LogP contribution in [0.2, 0.25) is 0 Å². The van der Waals surface area contributed by atoms with E-state index in [4.69, 9.17) is 0 Å². The number of benzene rings is 1. The van der Waals surface area contributed by atoms with Gasteiger partial charge in [-0.25, -0.2) is 0 Å². The van der Waals surface area contributed by atoms with Crippen molar-refractivity contribution in [3.05, 3.63) is 35.4 Å². The summed E-state index contributed by atoms with van der Waals surface area (Å²) in [6.45, 7) is 4.31. The van der Waals surface area contributed by atoms with Crippen molar-refractivity contribution in [2.24, 2.45) is 0 Å². The summed E-state index contributed by atoms with van der Waals surface area (Å²) in [6, 6.07) is 8.32. The van der Waals surface area contributed by atoms with Gasteiger partial charge in [0, 0.05) is 0 Å². The minimum atomic E-state index is -0.566. The molecule has 0 radical (unpaired) electrons. The molecule has 14 heavy (non-hydrogen) atoms. The average molecular weight is 190 g/mol. The maximum absolute atomic E-state index is 10.4. The SMILES string of the molecule is CCC1(O)CCC(C)c2ccccc21. The quantitative estimate of drug-likeness (QED) is 0.721. The first-order valence-electron chi connectivity index (χ1n) is 5.49. The van der Waals surface area contributed by atoms with Crippen molar-refractivity contribution in [2.45, 2.75) is 44.6 Å². The Morgan fingerprint density at radius 1 is 1.43 bits per heavy atom. The minimum Gasteiger partial charge on any atom is -0.385 e. The first-order valence-corrected chi connectivity index (χ1v) is 5.49. The van der Waals surface area contributed by atoms with Gasteiger partial charge in [0.05, 0.1) is 5.60 Å². The zero-order valence-electron chi connectivity index (χ0n) is 8.96. The number of rotatable bonds is 1. The Bertz CT molecular complexity index is 332. The highest BCUT2D eigenvalue weighted by molar-refractivity contribution is 5.37. The molecule has 0 heterocycles. The van der Waals surface area contributed by atoms with Crippen LogP contribution in [0.4, 0.5) is 0 Å². The Balaban J connectivity index is 2.52. The molecule has 0 saturated carbocycles. The van der Waals surface area contributed by atoms with Gasteiger partial charge in [0.2, 0.25) is 0 Å². The highest BCUT2D eigenvalue weighted by Crippen LogP contribution is 2.42. The molecule has 2 unspecified atom stereocenters. The average Bonchev–Trinajstić information content (AvgIpc) is 2.24. The van der Waals surface area contributed by atoms with Crippen LogP contribution in [0, 0.1) is 0 Å². The van der Waals surface area contributed by atoms with Crippen LogP contribution in [-0.2, 0) is 5.60 Å². The fraction of sp³-hybridized carbons (Fsp3) is 0.538. The topological polar surface area (TPSA) is 20.2 Å². The summed E-state index contributed by atoms with van der Waals surface area (Å²) in [6.07, 6.45) is 2.82. The van der Waals surface area contributed by atoms with Crippen molar-refractivity contribution in [1.29, 1.82) is 0 Å². The molecule has 2 rings (SSSR count). The van der Waals surface area contributed by atoms with E-state index in [1.807, 2.05) is 6.07 Å². The summed E-state index contributed by atoms with van der Waals surface area (Å²) < 4.78 is 0. The van der Waals surface area contributed by atoms with Crippen molar-refractivity contribution >= 4 is 0 Å². The van der Waals surface area contributed by atoms with Crippen LogP contribution >= 0.6 is 0 Å². The van der Waals surface area contributed by atoms with E-state index in [-0.39, 0.29) is 0 Å². The van der Waals surface area contributed by atoms with Gasteiger partial charge in [0.1, 0.15) is 0 Å². The Labute approximate surface area is 85.8 Å². The predicted octanol–water partition coefficient (Wildman–Crippen LogP) is 3.18. The van der Waals surface area contributed by atoms with Gasteiger partial charge in [0.25, 0.3) is 0 Å². The zero-order valence-corrected chi connectivity index (χ0v) is 8.96. The summed E-state index contributed by atoms with van der Waals surface area (Å²) in [5.74, 6) is 0.595. The van der Waals surface area contributed by atoms with Gasteiger partial charge in [-0.05, 0) is 36.3 Å². The third-order valence-electron chi connectivity index (χ3n) is 3.57. The third kappa shape index (κ3) is 1.36. The smallest absolute Gasteiger partial charge is 0.0896 e. The summed E-state index contributed by atoms with van der Waals surface area (Å²) in [7, 11) is 0. The van der Waals surface area contributed by atoms with E-state index in [9.17, 15) is 5.11 Å². The fourth-order valence-corrected chi connectivity index (χ4v) is 2.46. The Hall–Kier alpha value is -0.820. The van der Waals surface area contributed by atoms with E-state index < -0.39 is 5.60 Å². The number of aliphatic hydroxyl groups is 1. The van der Waals surface area contributed by atoms with Gasteiger partial charge >= 0.3 is 0 Å². The van der Waals surface area contributed by atoms with Crippen molar-refractivity contribution in [1.82, 2.24) is 0 Å². The van der Waals surface area contributed by atoms with E-state index in [0.717, 1.165) is 24.8 Å². The lowest BCUT2D eigenvalue weighted by atomic mass is 9.73. The lowest BCUT2D eigenvalue weighted by Crippen LogP contribution is -2.30. The second kappa shape index (κ2) is 3.39. The van der Waals surface area contributed by atoms with Gasteiger partial charge in [-0.15, -0.1) is 0 Å². The van der Waals surface area contributed by atoms with Gasteiger partial charge in [0.15, 0.2) is 0 Å². The van der Waals surface area contributed by atoms with E-state index in [1.54, 1.807) is 0 Å². The molecule has 1 nitrogen and oxygen atoms in total. The second-order valence-electron chi connectivity index (χ2n) is 4.41. The number of fused-ring (bicyclic) bond motifs is 1. The number of hydrogen-bond donors (Lipinski definition) is 1. The predicted molar refractivity (Wildman–Crippen MR) is 58.3 cm³/mol. The van der Waals surface area contributed by atoms with Gasteiger partial charge in [-0.1, -0.05) is 38.1 Å². The van der Waals surface area contributed by atoms with E-state index >= 15 is 0 Å². The lowest BCUT2D eigenvalue weighted by Gasteiger charge is -2.36. The summed E-state index contributed by atoms with van der Waals surface area (Å²) >= 11 is 0. The minimum absolute atomic E-state index is 0.566. The van der Waals surface area contributed by atoms with Crippen molar-refractivity contribution in [2.75, 3.05) is 0 Å². The molecule has 1 aromatic carbocycles. The highest BCUT2D eigenvalue weighted by atomic mass is 16.3. The van der Waals surface area contributed by atoms with E-state index in [1.165, 1.54) is 5.56 Å². The van der Waals surface area contributed by atoms with Gasteiger partial charge in [-0.2, -0.15) is 0 Å². The molecule has 0 amide bonds. The lowest BCUT2D eigenvalue weighted by molar-refractivity contribution is 0.0118. The summed E-state index contributed by atoms with van der Waals surface area (Å²) in [5.41, 5.74) is 1.92. The molecule has 0 bridgehead atoms. The van der Waals surface area contributed by atoms with Crippen LogP contribution in [-0.4, -0.2) is 5.11 Å². The molecule has 1 heteroatoms. The normalized spacial score (nSPS) is 31.2. The standard InChI is InChI=1S/C13H18O/c1-3-13(14)9-8-10(2)11-6-4-5-7-12(11)13/h4-7,10,14H,3,8-9H2,1-2H3. The fourth-order valence-electron chi connectivity index (χ4n) is 2.46. The first kappa shape index (κ1) is 9.72. The van der Waals surface area contributed by atoms with Crippen LogP contribution in [0.3, 0.4) is 0 Å². The van der Waals surface area contributed by atoms with Crippen LogP contribution < -0.4 is 0 Å². The van der Waals surface area contributed by atoms with Crippen LogP contribution in [0.1, 0.15) is 50.2 Å². The monoisotopic (exact) mass is 190 g/mol. The maximum Gasteiger partial charge on any atom is 0.0896 e. The van der Waals surface area contributed by atoms with E-state index in [2.05, 4.69) is 32.0 Å². The molecule has 0 spiro atoms. The van der Waals surface area contributed by atoms with Gasteiger partial charge in [-0.3, -0.25) is 0 Å². The molecule has 0 aliphatic heterocycles. The van der Waals surface area contributed by atoms with Crippen LogP contribution in [0.15, 0.2) is 24.3 Å². The first-order chi connectivity index (χ1) is 6.67. The largest absolute Gasteiger partial charge is 0.385 e. The van der Waals surface area contributed by atoms with Crippen molar-refractivity contribution < 1.29 is 5.11 Å². The third-order valence-corrected chi connectivity index (χ3v) is 3.57. The molecule has 1 aromatic rings. The molecule has 1 aliphatic rings. The molecule has 2 atom stereocenters. The molecular weight excluding hydrogens is 172 g/mol. The van der Waals surface area contributed by atoms with Crippen LogP contribution in [0.25, 0.3) is 0 Å². The highest BCUT2D eigenvalue weighted by Gasteiger charge is 2.34. The Kier molecular flexibility index (Phi) is 2.36. The Morgan fingerprint density at radius 2 is 2.14 bits per heavy atom. The molecule has 0 fully saturated rings. The second-order valence-corrected chi connectivity index (χ2v) is 4.41. The molecule has 1 aliphatic carbocycles. The molecule has 1 N–H and O–H groups in total. The van der Waals surface area contributed by atoms with Crippen LogP contribution in [0.5, 0.6) is 0 Å². The molecule has 0 aromatic heterocycles. The zero-order chi connectivity index (χ0) is 10.2. The summed E-state index contributed by atoms with van der Waals surface area (Å²) in [5, 5.41) is 10.4. The van der Waals surface area contributed by atoms with Crippen molar-refractivity contribution in [3.8, 4) is 0 Å². The Morgan fingerprint density at radius 3 is 2.86 bits per heavy atom. The maximum atomic E-state index is 10.4. The molecule has 0 saturated heterocycles. The number of hydrogen-bond acceptors (Lipinski definition) is 1. The molecule has 76 valence electrons. The molecular formula is C13H18O. The van der Waals surface area contributed by atoms with E-state index in [0.29, 0.717) is 5.92 Å². The van der Waals surface area contributed by atoms with Crippen molar-refractivity contribution in [3.63, 3.8) is 0 Å². The van der Waals surface area contributed by atoms with Gasteiger partial charge < -0.3 is 5.11 Å². The summed E-state index contributed by atoms with van der Waals surface area (Å²) in [4.78, 5) is 0.